The van der Waals surface area contributed by atoms with E-state index in [9.17, 15) is 30.3 Å². The fraction of sp³-hybridized carbons (Fsp3) is 0.900. The number of aliphatic carboxylic acids is 1. The Morgan fingerprint density at radius 3 is 2.17 bits per heavy atom. The first-order chi connectivity index (χ1) is 16.5. The number of hydrogen-bond donors (Lipinski definition) is 5. The summed E-state index contributed by atoms with van der Waals surface area (Å²) in [6, 6.07) is 0. The van der Waals surface area contributed by atoms with Gasteiger partial charge in [-0.1, -0.05) is 53.2 Å². The minimum absolute atomic E-state index is 0.0888. The topological polar surface area (TPSA) is 118 Å². The summed E-state index contributed by atoms with van der Waals surface area (Å²) in [4.78, 5) is 12.8. The van der Waals surface area contributed by atoms with Crippen LogP contribution in [0.3, 0.4) is 0 Å². The van der Waals surface area contributed by atoms with Crippen LogP contribution in [0.4, 0.5) is 0 Å². The molecule has 0 aromatic rings. The summed E-state index contributed by atoms with van der Waals surface area (Å²) in [7, 11) is 0. The fourth-order valence-electron chi connectivity index (χ4n) is 10.8. The molecule has 5 aliphatic rings. The van der Waals surface area contributed by atoms with Crippen LogP contribution in [-0.2, 0) is 4.79 Å². The fourth-order valence-corrected chi connectivity index (χ4v) is 10.8. The van der Waals surface area contributed by atoms with Gasteiger partial charge >= 0.3 is 5.97 Å². The molecule has 6 nitrogen and oxygen atoms in total. The van der Waals surface area contributed by atoms with Gasteiger partial charge in [-0.05, 0) is 84.9 Å². The molecule has 4 fully saturated rings. The van der Waals surface area contributed by atoms with E-state index in [2.05, 4.69) is 40.7 Å². The first-order valence-corrected chi connectivity index (χ1v) is 14.1. The maximum atomic E-state index is 12.8. The molecule has 0 aliphatic heterocycles. The third-order valence-electron chi connectivity index (χ3n) is 13.4. The van der Waals surface area contributed by atoms with Crippen molar-refractivity contribution in [2.24, 2.45) is 50.2 Å². The largest absolute Gasteiger partial charge is 0.481 e. The molecule has 5 aliphatic carbocycles. The first kappa shape index (κ1) is 26.6. The van der Waals surface area contributed by atoms with Crippen LogP contribution < -0.4 is 0 Å². The van der Waals surface area contributed by atoms with Gasteiger partial charge in [0.15, 0.2) is 0 Å². The smallest absolute Gasteiger partial charge is 0.310 e. The molecule has 0 aromatic carbocycles. The molecule has 0 bridgehead atoms. The Kier molecular flexibility index (Phi) is 5.77. The highest BCUT2D eigenvalue weighted by Gasteiger charge is 2.71. The van der Waals surface area contributed by atoms with Gasteiger partial charge in [-0.25, -0.2) is 0 Å². The lowest BCUT2D eigenvalue weighted by molar-refractivity contribution is -0.245. The van der Waals surface area contributed by atoms with Gasteiger partial charge in [0.25, 0.3) is 0 Å². The molecule has 5 rings (SSSR count). The molecule has 0 spiro atoms. The van der Waals surface area contributed by atoms with Gasteiger partial charge in [0, 0.05) is 11.3 Å². The predicted octanol–water partition coefficient (Wildman–Crippen LogP) is 4.15. The van der Waals surface area contributed by atoms with Crippen molar-refractivity contribution in [3.63, 3.8) is 0 Å². The molecule has 0 heterocycles. The zero-order valence-corrected chi connectivity index (χ0v) is 23.0. The van der Waals surface area contributed by atoms with E-state index in [1.165, 1.54) is 0 Å². The van der Waals surface area contributed by atoms with Crippen molar-refractivity contribution in [2.45, 2.75) is 111 Å². The Bertz CT molecular complexity index is 974. The first-order valence-electron chi connectivity index (χ1n) is 14.1. The Labute approximate surface area is 216 Å². The molecule has 5 N–H and O–H groups in total. The standard InChI is InChI=1S/C30H48O6/c1-25(2)11-13-30(24(35)36)14-12-28(5)17(21(30)23(25)34)7-8-20-26(3)15-18(32)22(33)27(4,16-31)19(26)9-10-29(20,28)6/h7,18-23,31-34H,8-16H2,1-6H3,(H,35,36)/t18-,19+,20+,21+,22-,23+,26+,27-,28-,29-,30+/m1/s1. The van der Waals surface area contributed by atoms with Gasteiger partial charge < -0.3 is 25.5 Å². The van der Waals surface area contributed by atoms with E-state index in [1.807, 2.05) is 6.92 Å². The molecule has 6 heteroatoms. The minimum atomic E-state index is -0.944. The maximum absolute atomic E-state index is 12.8. The van der Waals surface area contributed by atoms with E-state index in [0.717, 1.165) is 31.3 Å². The Hall–Kier alpha value is -0.950. The number of aliphatic hydroxyl groups excluding tert-OH is 4. The normalized spacial score (nSPS) is 55.9. The van der Waals surface area contributed by atoms with E-state index < -0.39 is 35.1 Å². The van der Waals surface area contributed by atoms with Crippen LogP contribution in [0, 0.1) is 50.2 Å². The zero-order chi connectivity index (χ0) is 26.7. The molecule has 11 atom stereocenters. The lowest BCUT2D eigenvalue weighted by atomic mass is 9.33. The summed E-state index contributed by atoms with van der Waals surface area (Å²) in [6.45, 7) is 12.9. The number of carbonyl (C=O) groups is 1. The average molecular weight is 505 g/mol. The van der Waals surface area contributed by atoms with Crippen molar-refractivity contribution in [1.29, 1.82) is 0 Å². The van der Waals surface area contributed by atoms with E-state index in [-0.39, 0.29) is 46.0 Å². The highest BCUT2D eigenvalue weighted by molar-refractivity contribution is 5.77. The van der Waals surface area contributed by atoms with E-state index in [1.54, 1.807) is 0 Å². The van der Waals surface area contributed by atoms with E-state index in [0.29, 0.717) is 25.7 Å². The summed E-state index contributed by atoms with van der Waals surface area (Å²) in [6.07, 6.45) is 5.48. The lowest BCUT2D eigenvalue weighted by Gasteiger charge is -2.71. The predicted molar refractivity (Wildman–Crippen MR) is 137 cm³/mol. The molecular formula is C30H48O6. The van der Waals surface area contributed by atoms with Crippen LogP contribution in [0.25, 0.3) is 0 Å². The number of carboxylic acids is 1. The Morgan fingerprint density at radius 1 is 0.917 bits per heavy atom. The minimum Gasteiger partial charge on any atom is -0.481 e. The van der Waals surface area contributed by atoms with Crippen LogP contribution in [-0.4, -0.2) is 56.4 Å². The van der Waals surface area contributed by atoms with Gasteiger partial charge in [0.1, 0.15) is 0 Å². The van der Waals surface area contributed by atoms with Crippen LogP contribution in [0.15, 0.2) is 11.6 Å². The number of aliphatic hydroxyl groups is 4. The highest BCUT2D eigenvalue weighted by Crippen LogP contribution is 2.75. The van der Waals surface area contributed by atoms with E-state index >= 15 is 0 Å². The molecule has 0 saturated heterocycles. The third-order valence-corrected chi connectivity index (χ3v) is 13.4. The Morgan fingerprint density at radius 2 is 1.56 bits per heavy atom. The molecule has 204 valence electrons. The summed E-state index contributed by atoms with van der Waals surface area (Å²) in [5.74, 6) is -0.833. The number of hydrogen-bond acceptors (Lipinski definition) is 5. The summed E-state index contributed by atoms with van der Waals surface area (Å²) < 4.78 is 0. The maximum Gasteiger partial charge on any atom is 0.310 e. The van der Waals surface area contributed by atoms with Gasteiger partial charge in [-0.15, -0.1) is 0 Å². The van der Waals surface area contributed by atoms with Crippen molar-refractivity contribution >= 4 is 5.97 Å². The van der Waals surface area contributed by atoms with Crippen LogP contribution in [0.5, 0.6) is 0 Å². The molecule has 0 radical (unpaired) electrons. The van der Waals surface area contributed by atoms with Gasteiger partial charge in [-0.3, -0.25) is 4.79 Å². The summed E-state index contributed by atoms with van der Waals surface area (Å²) in [5.41, 5.74) is -1.50. The quantitative estimate of drug-likeness (QED) is 0.361. The van der Waals surface area contributed by atoms with Crippen LogP contribution in [0.1, 0.15) is 92.9 Å². The molecular weight excluding hydrogens is 456 g/mol. The molecule has 4 saturated carbocycles. The molecule has 36 heavy (non-hydrogen) atoms. The Balaban J connectivity index is 1.63. The SMILES string of the molecule is CC1(C)CC[C@]2(C(=O)O)CC[C@]3(C)C(=CC[C@H]4[C@@]5(C)C[C@@H](O)[C@@H](O)[C@](C)(CO)[C@H]5CC[C@]43C)[C@H]2[C@@H]1O. The van der Waals surface area contributed by atoms with Gasteiger partial charge in [-0.2, -0.15) is 0 Å². The second-order valence-corrected chi connectivity index (χ2v) is 15.0. The molecule has 0 unspecified atom stereocenters. The third kappa shape index (κ3) is 2.96. The second-order valence-electron chi connectivity index (χ2n) is 15.0. The van der Waals surface area contributed by atoms with Crippen LogP contribution >= 0.6 is 0 Å². The van der Waals surface area contributed by atoms with Crippen molar-refractivity contribution < 1.29 is 30.3 Å². The van der Waals surface area contributed by atoms with Gasteiger partial charge in [0.05, 0.1) is 30.3 Å². The van der Waals surface area contributed by atoms with Gasteiger partial charge in [0.2, 0.25) is 0 Å². The summed E-state index contributed by atoms with van der Waals surface area (Å²) >= 11 is 0. The van der Waals surface area contributed by atoms with Crippen molar-refractivity contribution in [3.8, 4) is 0 Å². The molecule has 0 aromatic heterocycles. The van der Waals surface area contributed by atoms with Crippen molar-refractivity contribution in [1.82, 2.24) is 0 Å². The highest BCUT2D eigenvalue weighted by atomic mass is 16.4. The number of carboxylic acid groups (broad SMARTS) is 1. The number of allylic oxidation sites excluding steroid dienone is 1. The van der Waals surface area contributed by atoms with Crippen molar-refractivity contribution in [3.05, 3.63) is 11.6 Å². The molecule has 0 amide bonds. The zero-order valence-electron chi connectivity index (χ0n) is 23.0. The number of fused-ring (bicyclic) bond motifs is 7. The average Bonchev–Trinajstić information content (AvgIpc) is 2.80. The monoisotopic (exact) mass is 504 g/mol. The number of rotatable bonds is 2. The van der Waals surface area contributed by atoms with Crippen LogP contribution in [0.2, 0.25) is 0 Å². The van der Waals surface area contributed by atoms with E-state index in [4.69, 9.17) is 0 Å². The lowest BCUT2D eigenvalue weighted by Crippen LogP contribution is -2.69. The summed E-state index contributed by atoms with van der Waals surface area (Å²) in [5, 5.41) is 54.5. The second kappa shape index (κ2) is 7.80. The van der Waals surface area contributed by atoms with Crippen molar-refractivity contribution in [2.75, 3.05) is 6.61 Å².